The largest absolute Gasteiger partial charge is 0.464 e. The second kappa shape index (κ2) is 5.05. The molecule has 0 aliphatic rings. The first-order chi connectivity index (χ1) is 6.67. The highest BCUT2D eigenvalue weighted by molar-refractivity contribution is 9.10. The van der Waals surface area contributed by atoms with Crippen molar-refractivity contribution in [3.63, 3.8) is 0 Å². The summed E-state index contributed by atoms with van der Waals surface area (Å²) < 4.78 is 19.0. The van der Waals surface area contributed by atoms with Crippen LogP contribution in [-0.2, 0) is 0 Å². The summed E-state index contributed by atoms with van der Waals surface area (Å²) in [5.41, 5.74) is 0. The Morgan fingerprint density at radius 1 is 1.79 bits per heavy atom. The van der Waals surface area contributed by atoms with Crippen molar-refractivity contribution in [2.75, 3.05) is 0 Å². The Morgan fingerprint density at radius 3 is 3.07 bits per heavy atom. The number of aromatic nitrogens is 1. The van der Waals surface area contributed by atoms with Crippen molar-refractivity contribution in [3.05, 3.63) is 22.7 Å². The first kappa shape index (κ1) is 11.1. The van der Waals surface area contributed by atoms with Crippen LogP contribution in [0.15, 0.2) is 21.7 Å². The average molecular weight is 261 g/mol. The van der Waals surface area contributed by atoms with Gasteiger partial charge in [0.15, 0.2) is 12.0 Å². The van der Waals surface area contributed by atoms with Gasteiger partial charge in [0.25, 0.3) is 5.95 Å². The van der Waals surface area contributed by atoms with E-state index in [-0.39, 0.29) is 5.75 Å². The van der Waals surface area contributed by atoms with Crippen LogP contribution in [0.4, 0.5) is 4.39 Å². The highest BCUT2D eigenvalue weighted by Gasteiger charge is 2.10. The van der Waals surface area contributed by atoms with Gasteiger partial charge in [-0.3, -0.25) is 4.99 Å². The Kier molecular flexibility index (Phi) is 4.00. The normalized spacial score (nSPS) is 12.2. The zero-order chi connectivity index (χ0) is 10.6. The van der Waals surface area contributed by atoms with E-state index < -0.39 is 12.2 Å². The maximum absolute atomic E-state index is 13.1. The number of rotatable bonds is 4. The minimum absolute atomic E-state index is 0.0821. The minimum Gasteiger partial charge on any atom is -0.464 e. The van der Waals surface area contributed by atoms with Gasteiger partial charge < -0.3 is 4.74 Å². The third-order valence-electron chi connectivity index (χ3n) is 1.59. The second-order valence-electron chi connectivity index (χ2n) is 2.61. The molecule has 3 nitrogen and oxygen atoms in total. The van der Waals surface area contributed by atoms with Crippen LogP contribution >= 0.6 is 15.9 Å². The minimum atomic E-state index is -0.643. The van der Waals surface area contributed by atoms with Crippen LogP contribution < -0.4 is 4.74 Å². The molecule has 1 unspecified atom stereocenters. The molecule has 0 N–H and O–H groups in total. The first-order valence-corrected chi connectivity index (χ1v) is 4.90. The topological polar surface area (TPSA) is 34.5 Å². The molecule has 76 valence electrons. The average Bonchev–Trinajstić information content (AvgIpc) is 2.19. The molecule has 0 fully saturated rings. The third-order valence-corrected chi connectivity index (χ3v) is 2.02. The van der Waals surface area contributed by atoms with Crippen molar-refractivity contribution in [2.24, 2.45) is 4.99 Å². The Hall–Kier alpha value is -0.970. The van der Waals surface area contributed by atoms with Gasteiger partial charge in [-0.1, -0.05) is 6.92 Å². The van der Waals surface area contributed by atoms with E-state index in [2.05, 4.69) is 32.6 Å². The molecule has 0 amide bonds. The van der Waals surface area contributed by atoms with Gasteiger partial charge in [0.1, 0.15) is 0 Å². The molecule has 0 saturated heterocycles. The SMILES string of the molecule is C=NC(CC)Oc1cc(Br)cnc1F. The van der Waals surface area contributed by atoms with Crippen LogP contribution in [0.5, 0.6) is 5.75 Å². The molecule has 0 aromatic carbocycles. The predicted molar refractivity (Wildman–Crippen MR) is 56.2 cm³/mol. The summed E-state index contributed by atoms with van der Waals surface area (Å²) in [6.45, 7) is 5.23. The van der Waals surface area contributed by atoms with Gasteiger partial charge in [0.05, 0.1) is 0 Å². The molecule has 0 radical (unpaired) electrons. The molecule has 1 aromatic heterocycles. The number of pyridine rings is 1. The van der Waals surface area contributed by atoms with E-state index in [1.54, 1.807) is 0 Å². The highest BCUT2D eigenvalue weighted by Crippen LogP contribution is 2.21. The molecule has 1 atom stereocenters. The van der Waals surface area contributed by atoms with Crippen LogP contribution in [0.3, 0.4) is 0 Å². The lowest BCUT2D eigenvalue weighted by Gasteiger charge is -2.12. The van der Waals surface area contributed by atoms with Crippen molar-refractivity contribution in [3.8, 4) is 5.75 Å². The van der Waals surface area contributed by atoms with Gasteiger partial charge in [0, 0.05) is 23.2 Å². The number of ether oxygens (including phenoxy) is 1. The fraction of sp³-hybridized carbons (Fsp3) is 0.333. The zero-order valence-electron chi connectivity index (χ0n) is 7.70. The Morgan fingerprint density at radius 2 is 2.50 bits per heavy atom. The number of halogens is 2. The lowest BCUT2D eigenvalue weighted by Crippen LogP contribution is -2.12. The summed E-state index contributed by atoms with van der Waals surface area (Å²) in [6, 6.07) is 1.51. The van der Waals surface area contributed by atoms with Gasteiger partial charge in [-0.15, -0.1) is 0 Å². The van der Waals surface area contributed by atoms with E-state index in [0.717, 1.165) is 0 Å². The van der Waals surface area contributed by atoms with Crippen LogP contribution in [0.2, 0.25) is 0 Å². The molecule has 0 saturated carbocycles. The monoisotopic (exact) mass is 260 g/mol. The molecule has 1 rings (SSSR count). The van der Waals surface area contributed by atoms with Gasteiger partial charge in [-0.25, -0.2) is 4.98 Å². The van der Waals surface area contributed by atoms with Crippen molar-refractivity contribution < 1.29 is 9.13 Å². The van der Waals surface area contributed by atoms with E-state index in [1.165, 1.54) is 12.3 Å². The zero-order valence-corrected chi connectivity index (χ0v) is 9.29. The highest BCUT2D eigenvalue weighted by atomic mass is 79.9. The number of hydrogen-bond donors (Lipinski definition) is 0. The lowest BCUT2D eigenvalue weighted by atomic mass is 10.4. The van der Waals surface area contributed by atoms with E-state index in [1.807, 2.05) is 6.92 Å². The predicted octanol–water partition coefficient (Wildman–Crippen LogP) is 2.80. The smallest absolute Gasteiger partial charge is 0.255 e. The summed E-state index contributed by atoms with van der Waals surface area (Å²) in [4.78, 5) is 7.19. The van der Waals surface area contributed by atoms with Crippen molar-refractivity contribution in [1.82, 2.24) is 4.98 Å². The Bertz CT molecular complexity index is 333. The van der Waals surface area contributed by atoms with E-state index in [0.29, 0.717) is 10.9 Å². The lowest BCUT2D eigenvalue weighted by molar-refractivity contribution is 0.197. The first-order valence-electron chi connectivity index (χ1n) is 4.11. The van der Waals surface area contributed by atoms with Crippen LogP contribution in [0, 0.1) is 5.95 Å². The number of aliphatic imine (C=N–C) groups is 1. The van der Waals surface area contributed by atoms with E-state index in [4.69, 9.17) is 4.74 Å². The standard InChI is InChI=1S/C9H10BrFN2O/c1-3-8(12-2)14-7-4-6(10)5-13-9(7)11/h4-5,8H,2-3H2,1H3. The van der Waals surface area contributed by atoms with Gasteiger partial charge >= 0.3 is 0 Å². The molecular formula is C9H10BrFN2O. The number of nitrogens with zero attached hydrogens (tertiary/aromatic N) is 2. The summed E-state index contributed by atoms with van der Waals surface area (Å²) >= 11 is 3.17. The van der Waals surface area contributed by atoms with Crippen LogP contribution in [-0.4, -0.2) is 17.9 Å². The van der Waals surface area contributed by atoms with Gasteiger partial charge in [-0.05, 0) is 22.6 Å². The van der Waals surface area contributed by atoms with E-state index >= 15 is 0 Å². The van der Waals surface area contributed by atoms with Crippen molar-refractivity contribution >= 4 is 22.6 Å². The van der Waals surface area contributed by atoms with Crippen LogP contribution in [0.25, 0.3) is 0 Å². The Balaban J connectivity index is 2.84. The summed E-state index contributed by atoms with van der Waals surface area (Å²) in [5, 5.41) is 0. The van der Waals surface area contributed by atoms with E-state index in [9.17, 15) is 4.39 Å². The molecular weight excluding hydrogens is 251 g/mol. The molecule has 0 aliphatic heterocycles. The van der Waals surface area contributed by atoms with Crippen LogP contribution in [0.1, 0.15) is 13.3 Å². The molecule has 1 aromatic rings. The fourth-order valence-corrected chi connectivity index (χ4v) is 1.19. The fourth-order valence-electron chi connectivity index (χ4n) is 0.883. The maximum atomic E-state index is 13.1. The molecule has 0 aliphatic carbocycles. The Labute approximate surface area is 90.2 Å². The molecule has 0 spiro atoms. The van der Waals surface area contributed by atoms with Gasteiger partial charge in [-0.2, -0.15) is 4.39 Å². The molecule has 5 heteroatoms. The summed E-state index contributed by atoms with van der Waals surface area (Å²) in [6.07, 6.45) is 1.57. The summed E-state index contributed by atoms with van der Waals surface area (Å²) in [7, 11) is 0. The second-order valence-corrected chi connectivity index (χ2v) is 3.52. The summed E-state index contributed by atoms with van der Waals surface area (Å²) in [5.74, 6) is -0.561. The molecule has 0 bridgehead atoms. The molecule has 1 heterocycles. The maximum Gasteiger partial charge on any atom is 0.255 e. The number of hydrogen-bond acceptors (Lipinski definition) is 3. The van der Waals surface area contributed by atoms with Gasteiger partial charge in [0.2, 0.25) is 0 Å². The third kappa shape index (κ3) is 2.77. The quantitative estimate of drug-likeness (QED) is 0.617. The van der Waals surface area contributed by atoms with Crippen molar-refractivity contribution in [2.45, 2.75) is 19.6 Å². The molecule has 14 heavy (non-hydrogen) atoms. The van der Waals surface area contributed by atoms with Crippen molar-refractivity contribution in [1.29, 1.82) is 0 Å².